The molecule has 1 heterocycles. The van der Waals surface area contributed by atoms with Crippen molar-refractivity contribution in [3.63, 3.8) is 0 Å². The van der Waals surface area contributed by atoms with Crippen LogP contribution in [-0.2, 0) is 4.79 Å². The number of benzene rings is 1. The molecular formula is C11H13NO2. The Labute approximate surface area is 83.1 Å². The summed E-state index contributed by atoms with van der Waals surface area (Å²) in [5, 5.41) is 3.27. The van der Waals surface area contributed by atoms with Crippen molar-refractivity contribution in [1.29, 1.82) is 0 Å². The van der Waals surface area contributed by atoms with Crippen LogP contribution >= 0.6 is 0 Å². The number of hydrogen-bond acceptors (Lipinski definition) is 3. The number of nitrogens with one attached hydrogen (secondary N) is 1. The third-order valence-corrected chi connectivity index (χ3v) is 2.62. The second-order valence-electron chi connectivity index (χ2n) is 3.43. The third kappa shape index (κ3) is 1.45. The number of methoxy groups -OCH3 is 1. The Hall–Kier alpha value is -1.51. The molecule has 1 aromatic carbocycles. The predicted molar refractivity (Wildman–Crippen MR) is 54.9 cm³/mol. The van der Waals surface area contributed by atoms with Crippen molar-refractivity contribution >= 4 is 12.0 Å². The van der Waals surface area contributed by atoms with Gasteiger partial charge in [0.25, 0.3) is 0 Å². The zero-order valence-electron chi connectivity index (χ0n) is 8.12. The Balaban J connectivity index is 2.31. The molecule has 0 aromatic heterocycles. The van der Waals surface area contributed by atoms with Crippen LogP contribution in [0.25, 0.3) is 0 Å². The van der Waals surface area contributed by atoms with Crippen molar-refractivity contribution in [3.8, 4) is 5.75 Å². The fourth-order valence-electron chi connectivity index (χ4n) is 1.84. The van der Waals surface area contributed by atoms with E-state index in [9.17, 15) is 4.79 Å². The summed E-state index contributed by atoms with van der Waals surface area (Å²) in [6, 6.07) is 5.93. The third-order valence-electron chi connectivity index (χ3n) is 2.62. The summed E-state index contributed by atoms with van der Waals surface area (Å²) >= 11 is 0. The van der Waals surface area contributed by atoms with Crippen LogP contribution in [0.15, 0.2) is 18.2 Å². The van der Waals surface area contributed by atoms with Gasteiger partial charge in [-0.2, -0.15) is 0 Å². The minimum Gasteiger partial charge on any atom is -0.497 e. The average molecular weight is 191 g/mol. The van der Waals surface area contributed by atoms with E-state index in [4.69, 9.17) is 4.74 Å². The highest BCUT2D eigenvalue weighted by Gasteiger charge is 2.21. The van der Waals surface area contributed by atoms with E-state index in [2.05, 4.69) is 5.32 Å². The first-order valence-corrected chi connectivity index (χ1v) is 4.70. The molecule has 1 aliphatic heterocycles. The van der Waals surface area contributed by atoms with Gasteiger partial charge in [-0.15, -0.1) is 0 Å². The van der Waals surface area contributed by atoms with E-state index in [1.807, 2.05) is 18.2 Å². The van der Waals surface area contributed by atoms with E-state index in [1.165, 1.54) is 5.56 Å². The fraction of sp³-hybridized carbons (Fsp3) is 0.364. The summed E-state index contributed by atoms with van der Waals surface area (Å²) in [6.07, 6.45) is 1.55. The number of hydrogen-bond donors (Lipinski definition) is 1. The van der Waals surface area contributed by atoms with Gasteiger partial charge in [0.15, 0.2) is 0 Å². The van der Waals surface area contributed by atoms with Crippen LogP contribution in [0, 0.1) is 0 Å². The molecule has 1 atom stereocenters. The summed E-state index contributed by atoms with van der Waals surface area (Å²) in [6.45, 7) is 0.848. The molecule has 74 valence electrons. The van der Waals surface area contributed by atoms with Crippen LogP contribution in [0.5, 0.6) is 5.75 Å². The molecule has 1 aliphatic rings. The molecule has 0 saturated heterocycles. The molecule has 0 spiro atoms. The lowest BCUT2D eigenvalue weighted by molar-refractivity contribution is -0.108. The molecule has 2 rings (SSSR count). The lowest BCUT2D eigenvalue weighted by Crippen LogP contribution is -2.02. The Morgan fingerprint density at radius 3 is 3.21 bits per heavy atom. The minimum atomic E-state index is 0.303. The van der Waals surface area contributed by atoms with Crippen molar-refractivity contribution < 1.29 is 9.53 Å². The molecule has 0 bridgehead atoms. The molecule has 0 radical (unpaired) electrons. The van der Waals surface area contributed by atoms with Gasteiger partial charge in [0.2, 0.25) is 0 Å². The Bertz CT molecular complexity index is 349. The number of ether oxygens (including phenoxy) is 1. The lowest BCUT2D eigenvalue weighted by atomic mass is 9.98. The molecule has 3 nitrogen and oxygen atoms in total. The van der Waals surface area contributed by atoms with Gasteiger partial charge in [-0.3, -0.25) is 0 Å². The molecule has 1 N–H and O–H groups in total. The normalized spacial score (nSPS) is 18.5. The predicted octanol–water partition coefficient (Wildman–Crippen LogP) is 1.79. The van der Waals surface area contributed by atoms with Crippen molar-refractivity contribution in [3.05, 3.63) is 23.8 Å². The summed E-state index contributed by atoms with van der Waals surface area (Å²) in [7, 11) is 1.65. The summed E-state index contributed by atoms with van der Waals surface area (Å²) < 4.78 is 5.15. The van der Waals surface area contributed by atoms with E-state index in [0.717, 1.165) is 24.3 Å². The standard InChI is InChI=1S/C11H13NO2/c1-14-9-2-3-11-10(6-9)8(4-5-13)7-12-11/h2-3,5-6,8,12H,4,7H2,1H3. The van der Waals surface area contributed by atoms with Crippen molar-refractivity contribution in [2.75, 3.05) is 19.0 Å². The van der Waals surface area contributed by atoms with E-state index < -0.39 is 0 Å². The van der Waals surface area contributed by atoms with Crippen molar-refractivity contribution in [2.24, 2.45) is 0 Å². The van der Waals surface area contributed by atoms with Gasteiger partial charge in [-0.25, -0.2) is 0 Å². The van der Waals surface area contributed by atoms with Crippen LogP contribution < -0.4 is 10.1 Å². The second kappa shape index (κ2) is 3.70. The zero-order valence-corrected chi connectivity index (χ0v) is 8.12. The van der Waals surface area contributed by atoms with Gasteiger partial charge in [0.05, 0.1) is 7.11 Å². The first kappa shape index (κ1) is 9.06. The SMILES string of the molecule is COc1ccc2c(c1)C(CC=O)CN2. The Morgan fingerprint density at radius 1 is 1.64 bits per heavy atom. The van der Waals surface area contributed by atoms with E-state index in [1.54, 1.807) is 7.11 Å². The van der Waals surface area contributed by atoms with E-state index >= 15 is 0 Å². The van der Waals surface area contributed by atoms with Gasteiger partial charge in [-0.05, 0) is 23.8 Å². The first-order chi connectivity index (χ1) is 6.85. The Morgan fingerprint density at radius 2 is 2.50 bits per heavy atom. The number of fused-ring (bicyclic) bond motifs is 1. The smallest absolute Gasteiger partial charge is 0.120 e. The molecule has 1 aromatic rings. The van der Waals surface area contributed by atoms with Crippen molar-refractivity contribution in [2.45, 2.75) is 12.3 Å². The maximum absolute atomic E-state index is 10.5. The van der Waals surface area contributed by atoms with E-state index in [-0.39, 0.29) is 0 Å². The molecule has 14 heavy (non-hydrogen) atoms. The highest BCUT2D eigenvalue weighted by molar-refractivity contribution is 5.63. The summed E-state index contributed by atoms with van der Waals surface area (Å²) in [5.74, 6) is 1.15. The highest BCUT2D eigenvalue weighted by Crippen LogP contribution is 2.35. The molecule has 1 unspecified atom stereocenters. The lowest BCUT2D eigenvalue weighted by Gasteiger charge is -2.07. The van der Waals surface area contributed by atoms with Gasteiger partial charge < -0.3 is 14.8 Å². The first-order valence-electron chi connectivity index (χ1n) is 4.70. The van der Waals surface area contributed by atoms with Gasteiger partial charge in [0.1, 0.15) is 12.0 Å². The maximum Gasteiger partial charge on any atom is 0.120 e. The molecular weight excluding hydrogens is 178 g/mol. The zero-order chi connectivity index (χ0) is 9.97. The van der Waals surface area contributed by atoms with Crippen LogP contribution in [0.1, 0.15) is 17.9 Å². The topological polar surface area (TPSA) is 38.3 Å². The quantitative estimate of drug-likeness (QED) is 0.740. The molecule has 3 heteroatoms. The monoisotopic (exact) mass is 191 g/mol. The van der Waals surface area contributed by atoms with E-state index in [0.29, 0.717) is 12.3 Å². The van der Waals surface area contributed by atoms with Gasteiger partial charge in [0, 0.05) is 24.6 Å². The van der Waals surface area contributed by atoms with Gasteiger partial charge in [-0.1, -0.05) is 0 Å². The van der Waals surface area contributed by atoms with Crippen LogP contribution in [0.4, 0.5) is 5.69 Å². The number of anilines is 1. The number of carbonyl (C=O) groups is 1. The molecule has 0 aliphatic carbocycles. The van der Waals surface area contributed by atoms with Crippen LogP contribution in [0.2, 0.25) is 0 Å². The summed E-state index contributed by atoms with van der Waals surface area (Å²) in [5.41, 5.74) is 2.31. The number of carbonyl (C=O) groups excluding carboxylic acids is 1. The van der Waals surface area contributed by atoms with Crippen molar-refractivity contribution in [1.82, 2.24) is 0 Å². The largest absolute Gasteiger partial charge is 0.497 e. The molecule has 0 saturated carbocycles. The highest BCUT2D eigenvalue weighted by atomic mass is 16.5. The van der Waals surface area contributed by atoms with Crippen LogP contribution in [-0.4, -0.2) is 19.9 Å². The summed E-state index contributed by atoms with van der Waals surface area (Å²) in [4.78, 5) is 10.5. The average Bonchev–Trinajstić information content (AvgIpc) is 2.61. The number of aldehydes is 1. The number of rotatable bonds is 3. The fourth-order valence-corrected chi connectivity index (χ4v) is 1.84. The maximum atomic E-state index is 10.5. The minimum absolute atomic E-state index is 0.303. The van der Waals surface area contributed by atoms with Crippen LogP contribution in [0.3, 0.4) is 0 Å². The van der Waals surface area contributed by atoms with Gasteiger partial charge >= 0.3 is 0 Å². The second-order valence-corrected chi connectivity index (χ2v) is 3.43. The molecule has 0 amide bonds. The Kier molecular flexibility index (Phi) is 2.39. The molecule has 0 fully saturated rings.